The Labute approximate surface area is 115 Å². The number of rotatable bonds is 2. The number of benzene rings is 2. The molecule has 0 bridgehead atoms. The molecule has 1 atom stereocenters. The molecule has 1 unspecified atom stereocenters. The van der Waals surface area contributed by atoms with Gasteiger partial charge in [-0.1, -0.05) is 30.3 Å². The van der Waals surface area contributed by atoms with Gasteiger partial charge in [0.05, 0.1) is 11.6 Å². The zero-order valence-electron chi connectivity index (χ0n) is 10.7. The van der Waals surface area contributed by atoms with Crippen LogP contribution in [-0.4, -0.2) is 12.3 Å². The first-order valence-corrected chi connectivity index (χ1v) is 6.48. The summed E-state index contributed by atoms with van der Waals surface area (Å²) in [4.78, 5) is 12.5. The molecule has 1 N–H and O–H groups in total. The van der Waals surface area contributed by atoms with E-state index in [1.54, 1.807) is 0 Å². The molecule has 0 fully saturated rings. The molecule has 20 heavy (non-hydrogen) atoms. The van der Waals surface area contributed by atoms with Crippen molar-refractivity contribution in [2.45, 2.75) is 12.5 Å². The van der Waals surface area contributed by atoms with E-state index >= 15 is 0 Å². The van der Waals surface area contributed by atoms with E-state index in [4.69, 9.17) is 0 Å². The Morgan fingerprint density at radius 3 is 2.75 bits per heavy atom. The van der Waals surface area contributed by atoms with Crippen LogP contribution in [0.3, 0.4) is 0 Å². The number of nitrogens with one attached hydrogen (secondary N) is 1. The lowest BCUT2D eigenvalue weighted by Crippen LogP contribution is -2.35. The predicted octanol–water partition coefficient (Wildman–Crippen LogP) is 3.03. The van der Waals surface area contributed by atoms with Crippen molar-refractivity contribution in [3.05, 3.63) is 70.8 Å². The van der Waals surface area contributed by atoms with E-state index in [2.05, 4.69) is 5.32 Å². The number of carbonyl (C=O) groups is 1. The summed E-state index contributed by atoms with van der Waals surface area (Å²) < 4.78 is 27.0. The highest BCUT2D eigenvalue weighted by atomic mass is 19.2. The van der Waals surface area contributed by atoms with Crippen LogP contribution in [-0.2, 0) is 6.42 Å². The van der Waals surface area contributed by atoms with Gasteiger partial charge in [-0.3, -0.25) is 4.79 Å². The first-order valence-electron chi connectivity index (χ1n) is 6.48. The van der Waals surface area contributed by atoms with Gasteiger partial charge in [-0.15, -0.1) is 0 Å². The normalized spacial score (nSPS) is 17.6. The second-order valence-electron chi connectivity index (χ2n) is 4.80. The third kappa shape index (κ3) is 2.12. The predicted molar refractivity (Wildman–Crippen MR) is 71.6 cm³/mol. The molecule has 0 aliphatic carbocycles. The highest BCUT2D eigenvalue weighted by molar-refractivity contribution is 6.01. The van der Waals surface area contributed by atoms with Crippen LogP contribution < -0.4 is 5.32 Å². The summed E-state index contributed by atoms with van der Waals surface area (Å²) in [6.45, 7) is 0.643. The maximum absolute atomic E-state index is 13.8. The van der Waals surface area contributed by atoms with Gasteiger partial charge in [-0.05, 0) is 29.7 Å². The lowest BCUT2D eigenvalue weighted by molar-refractivity contribution is 0.0934. The van der Waals surface area contributed by atoms with Gasteiger partial charge in [-0.25, -0.2) is 8.78 Å². The second kappa shape index (κ2) is 5.13. The fourth-order valence-corrected chi connectivity index (χ4v) is 2.59. The fourth-order valence-electron chi connectivity index (χ4n) is 2.59. The smallest absolute Gasteiger partial charge is 0.187 e. The van der Waals surface area contributed by atoms with Crippen LogP contribution in [0, 0.1) is 11.6 Å². The van der Waals surface area contributed by atoms with Crippen LogP contribution >= 0.6 is 0 Å². The van der Waals surface area contributed by atoms with E-state index in [1.807, 2.05) is 24.3 Å². The molecule has 1 aliphatic heterocycles. The molecule has 2 aromatic rings. The average molecular weight is 273 g/mol. The van der Waals surface area contributed by atoms with Gasteiger partial charge in [0.1, 0.15) is 0 Å². The van der Waals surface area contributed by atoms with Gasteiger partial charge < -0.3 is 5.32 Å². The Morgan fingerprint density at radius 1 is 1.10 bits per heavy atom. The van der Waals surface area contributed by atoms with Crippen LogP contribution in [0.25, 0.3) is 0 Å². The van der Waals surface area contributed by atoms with Crippen molar-refractivity contribution >= 4 is 5.78 Å². The van der Waals surface area contributed by atoms with Crippen LogP contribution in [0.2, 0.25) is 0 Å². The maximum atomic E-state index is 13.8. The van der Waals surface area contributed by atoms with Crippen LogP contribution in [0.1, 0.15) is 27.5 Å². The molecule has 0 saturated carbocycles. The molecule has 0 amide bonds. The lowest BCUT2D eigenvalue weighted by atomic mass is 9.89. The van der Waals surface area contributed by atoms with Crippen molar-refractivity contribution in [2.75, 3.05) is 6.54 Å². The summed E-state index contributed by atoms with van der Waals surface area (Å²) in [5.74, 6) is -2.52. The molecule has 2 nitrogen and oxygen atoms in total. The molecular formula is C16H13F2NO. The quantitative estimate of drug-likeness (QED) is 0.852. The molecule has 0 aromatic heterocycles. The third-order valence-electron chi connectivity index (χ3n) is 3.59. The number of ketones is 1. The van der Waals surface area contributed by atoms with Crippen molar-refractivity contribution in [1.82, 2.24) is 5.32 Å². The van der Waals surface area contributed by atoms with Gasteiger partial charge in [0.25, 0.3) is 0 Å². The number of halogens is 2. The molecule has 0 spiro atoms. The van der Waals surface area contributed by atoms with Crippen molar-refractivity contribution in [3.63, 3.8) is 0 Å². The van der Waals surface area contributed by atoms with E-state index in [0.717, 1.165) is 23.6 Å². The Kier molecular flexibility index (Phi) is 3.32. The zero-order chi connectivity index (χ0) is 14.1. The number of carbonyl (C=O) groups excluding carboxylic acids is 1. The maximum Gasteiger partial charge on any atom is 0.187 e. The monoisotopic (exact) mass is 273 g/mol. The SMILES string of the molecule is O=C(c1cccc(F)c1F)C1NCCc2ccccc21. The van der Waals surface area contributed by atoms with Crippen molar-refractivity contribution in [1.29, 1.82) is 0 Å². The zero-order valence-corrected chi connectivity index (χ0v) is 10.7. The minimum Gasteiger partial charge on any atom is -0.303 e. The molecule has 1 aliphatic rings. The number of Topliss-reactive ketones (excluding diaryl/α,β-unsaturated/α-hetero) is 1. The van der Waals surface area contributed by atoms with Crippen molar-refractivity contribution < 1.29 is 13.6 Å². The summed E-state index contributed by atoms with van der Waals surface area (Å²) in [6.07, 6.45) is 0.825. The largest absolute Gasteiger partial charge is 0.303 e. The van der Waals surface area contributed by atoms with Gasteiger partial charge >= 0.3 is 0 Å². The third-order valence-corrected chi connectivity index (χ3v) is 3.59. The Hall–Kier alpha value is -2.07. The van der Waals surface area contributed by atoms with Crippen molar-refractivity contribution in [2.24, 2.45) is 0 Å². The minimum atomic E-state index is -1.08. The van der Waals surface area contributed by atoms with Gasteiger partial charge in [0, 0.05) is 6.54 Å². The first-order chi connectivity index (χ1) is 9.68. The number of fused-ring (bicyclic) bond motifs is 1. The molecule has 0 radical (unpaired) electrons. The van der Waals surface area contributed by atoms with Crippen LogP contribution in [0.15, 0.2) is 42.5 Å². The second-order valence-corrected chi connectivity index (χ2v) is 4.80. The fraction of sp³-hybridized carbons (Fsp3) is 0.188. The Bertz CT molecular complexity index is 669. The topological polar surface area (TPSA) is 29.1 Å². The van der Waals surface area contributed by atoms with E-state index in [1.165, 1.54) is 12.1 Å². The summed E-state index contributed by atoms with van der Waals surface area (Å²) >= 11 is 0. The Morgan fingerprint density at radius 2 is 1.90 bits per heavy atom. The van der Waals surface area contributed by atoms with Crippen LogP contribution in [0.5, 0.6) is 0 Å². The summed E-state index contributed by atoms with van der Waals surface area (Å²) in [5, 5.41) is 3.08. The summed E-state index contributed by atoms with van der Waals surface area (Å²) in [7, 11) is 0. The molecular weight excluding hydrogens is 260 g/mol. The lowest BCUT2D eigenvalue weighted by Gasteiger charge is -2.26. The Balaban J connectivity index is 2.02. The first kappa shape index (κ1) is 12.9. The molecule has 1 heterocycles. The standard InChI is InChI=1S/C16H13F2NO/c17-13-7-3-6-12(14(13)18)16(20)15-11-5-2-1-4-10(11)8-9-19-15/h1-7,15,19H,8-9H2. The van der Waals surface area contributed by atoms with E-state index in [-0.39, 0.29) is 5.56 Å². The van der Waals surface area contributed by atoms with E-state index < -0.39 is 23.5 Å². The number of hydrogen-bond acceptors (Lipinski definition) is 2. The average Bonchev–Trinajstić information content (AvgIpc) is 2.49. The van der Waals surface area contributed by atoms with Crippen LogP contribution in [0.4, 0.5) is 8.78 Å². The summed E-state index contributed by atoms with van der Waals surface area (Å²) in [5.41, 5.74) is 1.70. The number of hydrogen-bond donors (Lipinski definition) is 1. The van der Waals surface area contributed by atoms with Gasteiger partial charge in [0.15, 0.2) is 17.4 Å². The van der Waals surface area contributed by atoms with E-state index in [0.29, 0.717) is 6.54 Å². The highest BCUT2D eigenvalue weighted by Gasteiger charge is 2.28. The highest BCUT2D eigenvalue weighted by Crippen LogP contribution is 2.27. The molecule has 0 saturated heterocycles. The molecule has 102 valence electrons. The summed E-state index contributed by atoms with van der Waals surface area (Å²) in [6, 6.07) is 10.6. The molecule has 4 heteroatoms. The minimum absolute atomic E-state index is 0.209. The molecule has 2 aromatic carbocycles. The molecule has 3 rings (SSSR count). The van der Waals surface area contributed by atoms with E-state index in [9.17, 15) is 13.6 Å². The van der Waals surface area contributed by atoms with Gasteiger partial charge in [0.2, 0.25) is 0 Å². The van der Waals surface area contributed by atoms with Gasteiger partial charge in [-0.2, -0.15) is 0 Å². The van der Waals surface area contributed by atoms with Crippen molar-refractivity contribution in [3.8, 4) is 0 Å².